The van der Waals surface area contributed by atoms with Gasteiger partial charge in [-0.2, -0.15) is 0 Å². The maximum absolute atomic E-state index is 14.0. The maximum atomic E-state index is 14.0. The molecule has 2 nitrogen and oxygen atoms in total. The minimum Gasteiger partial charge on any atom is -0.324 e. The molecule has 0 bridgehead atoms. The molecule has 0 amide bonds. The molecule has 3 rings (SSSR count). The highest BCUT2D eigenvalue weighted by molar-refractivity contribution is 14.1. The smallest absolute Gasteiger partial charge is 0.138 e. The molecule has 3 atom stereocenters. The van der Waals surface area contributed by atoms with E-state index in [2.05, 4.69) is 23.4 Å². The minimum atomic E-state index is -0.178. The third-order valence-corrected chi connectivity index (χ3v) is 5.93. The number of imidazole rings is 1. The van der Waals surface area contributed by atoms with Crippen molar-refractivity contribution in [3.05, 3.63) is 27.3 Å². The number of benzene rings is 1. The largest absolute Gasteiger partial charge is 0.324 e. The summed E-state index contributed by atoms with van der Waals surface area (Å²) in [5, 5.41) is 0. The van der Waals surface area contributed by atoms with Gasteiger partial charge in [-0.1, -0.05) is 13.8 Å². The number of rotatable bonds is 2. The molecule has 1 aliphatic rings. The van der Waals surface area contributed by atoms with E-state index in [1.807, 2.05) is 28.7 Å². The summed E-state index contributed by atoms with van der Waals surface area (Å²) in [5.41, 5.74) is 1.73. The Morgan fingerprint density at radius 1 is 1.33 bits per heavy atom. The molecule has 0 spiro atoms. The molecule has 1 fully saturated rings. The van der Waals surface area contributed by atoms with Crippen LogP contribution in [-0.4, -0.2) is 9.55 Å². The first-order chi connectivity index (χ1) is 10.0. The normalized spacial score (nSPS) is 26.4. The van der Waals surface area contributed by atoms with Crippen LogP contribution in [0.15, 0.2) is 12.1 Å². The Bertz CT molecular complexity index is 670. The van der Waals surface area contributed by atoms with Gasteiger partial charge >= 0.3 is 0 Å². The van der Waals surface area contributed by atoms with E-state index in [1.54, 1.807) is 6.07 Å². The fraction of sp³-hybridized carbons (Fsp3) is 0.562. The molecule has 1 saturated carbocycles. The maximum Gasteiger partial charge on any atom is 0.138 e. The average Bonchev–Trinajstić information content (AvgIpc) is 2.80. The van der Waals surface area contributed by atoms with Crippen molar-refractivity contribution >= 4 is 45.2 Å². The Morgan fingerprint density at radius 2 is 2.10 bits per heavy atom. The first-order valence-corrected chi connectivity index (χ1v) is 9.04. The van der Waals surface area contributed by atoms with Crippen LogP contribution in [0.3, 0.4) is 0 Å². The fourth-order valence-electron chi connectivity index (χ4n) is 3.40. The molecule has 114 valence electrons. The van der Waals surface area contributed by atoms with Gasteiger partial charge in [0.15, 0.2) is 0 Å². The van der Waals surface area contributed by atoms with Crippen LogP contribution in [0.4, 0.5) is 4.39 Å². The molecule has 0 aliphatic heterocycles. The molecule has 0 saturated heterocycles. The number of hydrogen-bond acceptors (Lipinski definition) is 1. The summed E-state index contributed by atoms with van der Waals surface area (Å²) in [4.78, 5) is 4.61. The highest BCUT2D eigenvalue weighted by Gasteiger charge is 2.28. The topological polar surface area (TPSA) is 17.8 Å². The Balaban J connectivity index is 2.10. The third kappa shape index (κ3) is 2.81. The van der Waals surface area contributed by atoms with Gasteiger partial charge in [-0.25, -0.2) is 9.37 Å². The van der Waals surface area contributed by atoms with Crippen molar-refractivity contribution < 1.29 is 4.39 Å². The van der Waals surface area contributed by atoms with Crippen LogP contribution in [0.2, 0.25) is 0 Å². The van der Waals surface area contributed by atoms with Crippen LogP contribution in [0.25, 0.3) is 11.0 Å². The van der Waals surface area contributed by atoms with Crippen molar-refractivity contribution in [2.45, 2.75) is 45.0 Å². The van der Waals surface area contributed by atoms with Crippen molar-refractivity contribution in [3.8, 4) is 0 Å². The molecular weight excluding hydrogens is 402 g/mol. The summed E-state index contributed by atoms with van der Waals surface area (Å²) in [6, 6.07) is 3.81. The van der Waals surface area contributed by atoms with E-state index in [-0.39, 0.29) is 5.82 Å². The molecule has 5 heteroatoms. The average molecular weight is 421 g/mol. The van der Waals surface area contributed by atoms with Gasteiger partial charge in [0.1, 0.15) is 11.6 Å². The number of halogens is 3. The molecule has 21 heavy (non-hydrogen) atoms. The molecule has 1 aromatic carbocycles. The standard InChI is InChI=1S/C16H19ClFIN2/c1-9-3-4-11(5-10(9)2)21-15-6-12(18)13(19)7-14(15)20-16(21)8-17/h6-7,9-11H,3-5,8H2,1-2H3. The van der Waals surface area contributed by atoms with Crippen LogP contribution in [-0.2, 0) is 5.88 Å². The van der Waals surface area contributed by atoms with E-state index >= 15 is 0 Å². The minimum absolute atomic E-state index is 0.178. The second-order valence-electron chi connectivity index (χ2n) is 6.21. The number of alkyl halides is 1. The Morgan fingerprint density at radius 3 is 2.76 bits per heavy atom. The first kappa shape index (κ1) is 15.5. The summed E-state index contributed by atoms with van der Waals surface area (Å²) in [6.45, 7) is 4.62. The van der Waals surface area contributed by atoms with Crippen molar-refractivity contribution in [2.24, 2.45) is 11.8 Å². The predicted octanol–water partition coefficient (Wildman–Crippen LogP) is 5.52. The molecule has 1 aromatic heterocycles. The van der Waals surface area contributed by atoms with E-state index in [0.29, 0.717) is 21.4 Å². The quantitative estimate of drug-likeness (QED) is 0.462. The SMILES string of the molecule is CC1CCC(n2c(CCl)nc3cc(I)c(F)cc32)CC1C. The summed E-state index contributed by atoms with van der Waals surface area (Å²) in [5.74, 6) is 2.49. The highest BCUT2D eigenvalue weighted by atomic mass is 127. The van der Waals surface area contributed by atoms with Crippen molar-refractivity contribution in [1.29, 1.82) is 0 Å². The van der Waals surface area contributed by atoms with E-state index < -0.39 is 0 Å². The molecule has 0 radical (unpaired) electrons. The second kappa shape index (κ2) is 6.03. The molecule has 1 aliphatic carbocycles. The molecule has 0 N–H and O–H groups in total. The third-order valence-electron chi connectivity index (χ3n) is 4.86. The Hall–Kier alpha value is -0.360. The van der Waals surface area contributed by atoms with Crippen molar-refractivity contribution in [3.63, 3.8) is 0 Å². The lowest BCUT2D eigenvalue weighted by Crippen LogP contribution is -2.24. The van der Waals surface area contributed by atoms with Crippen molar-refractivity contribution in [2.75, 3.05) is 0 Å². The molecule has 2 aromatic rings. The van der Waals surface area contributed by atoms with Gasteiger partial charge in [-0.3, -0.25) is 0 Å². The van der Waals surface area contributed by atoms with Gasteiger partial charge in [0, 0.05) is 12.1 Å². The van der Waals surface area contributed by atoms with Gasteiger partial charge in [-0.05, 0) is 59.8 Å². The van der Waals surface area contributed by atoms with Crippen LogP contribution < -0.4 is 0 Å². The number of hydrogen-bond donors (Lipinski definition) is 0. The van der Waals surface area contributed by atoms with Gasteiger partial charge < -0.3 is 4.57 Å². The first-order valence-electron chi connectivity index (χ1n) is 7.43. The Kier molecular flexibility index (Phi) is 4.46. The zero-order chi connectivity index (χ0) is 15.1. The van der Waals surface area contributed by atoms with Gasteiger partial charge in [0.2, 0.25) is 0 Å². The molecule has 1 heterocycles. The van der Waals surface area contributed by atoms with Crippen LogP contribution in [0.1, 0.15) is 45.0 Å². The summed E-state index contributed by atoms with van der Waals surface area (Å²) >= 11 is 8.10. The lowest BCUT2D eigenvalue weighted by atomic mass is 9.79. The summed E-state index contributed by atoms with van der Waals surface area (Å²) < 4.78 is 16.8. The van der Waals surface area contributed by atoms with Crippen LogP contribution in [0.5, 0.6) is 0 Å². The van der Waals surface area contributed by atoms with E-state index in [9.17, 15) is 4.39 Å². The summed E-state index contributed by atoms with van der Waals surface area (Å²) in [6.07, 6.45) is 3.44. The monoisotopic (exact) mass is 420 g/mol. The second-order valence-corrected chi connectivity index (χ2v) is 7.64. The lowest BCUT2D eigenvalue weighted by Gasteiger charge is -2.33. The molecule has 3 unspecified atom stereocenters. The van der Waals surface area contributed by atoms with Crippen LogP contribution in [0, 0.1) is 21.2 Å². The molecular formula is C16H19ClFIN2. The lowest BCUT2D eigenvalue weighted by molar-refractivity contribution is 0.211. The zero-order valence-electron chi connectivity index (χ0n) is 12.2. The van der Waals surface area contributed by atoms with E-state index in [0.717, 1.165) is 35.6 Å². The fourth-order valence-corrected chi connectivity index (χ4v) is 4.03. The predicted molar refractivity (Wildman–Crippen MR) is 93.2 cm³/mol. The van der Waals surface area contributed by atoms with Gasteiger partial charge in [0.25, 0.3) is 0 Å². The van der Waals surface area contributed by atoms with E-state index in [4.69, 9.17) is 11.6 Å². The Labute approximate surface area is 143 Å². The number of nitrogens with zero attached hydrogens (tertiary/aromatic N) is 2. The van der Waals surface area contributed by atoms with Crippen molar-refractivity contribution in [1.82, 2.24) is 9.55 Å². The van der Waals surface area contributed by atoms with Gasteiger partial charge in [0.05, 0.1) is 20.5 Å². The van der Waals surface area contributed by atoms with Gasteiger partial charge in [-0.15, -0.1) is 11.6 Å². The highest BCUT2D eigenvalue weighted by Crippen LogP contribution is 2.39. The van der Waals surface area contributed by atoms with Crippen LogP contribution >= 0.6 is 34.2 Å². The summed E-state index contributed by atoms with van der Waals surface area (Å²) in [7, 11) is 0. The van der Waals surface area contributed by atoms with E-state index in [1.165, 1.54) is 6.42 Å². The number of fused-ring (bicyclic) bond motifs is 1. The zero-order valence-corrected chi connectivity index (χ0v) is 15.2. The number of aromatic nitrogens is 2.